The van der Waals surface area contributed by atoms with E-state index in [1.165, 1.54) is 6.20 Å². The van der Waals surface area contributed by atoms with Gasteiger partial charge in [0.05, 0.1) is 25.0 Å². The third kappa shape index (κ3) is 2.86. The molecule has 1 aliphatic heterocycles. The number of aromatic nitrogens is 2. The van der Waals surface area contributed by atoms with Crippen LogP contribution < -0.4 is 5.73 Å². The van der Waals surface area contributed by atoms with E-state index >= 15 is 0 Å². The minimum absolute atomic E-state index is 0.160. The zero-order chi connectivity index (χ0) is 14.8. The molecule has 1 amide bonds. The van der Waals surface area contributed by atoms with E-state index < -0.39 is 0 Å². The van der Waals surface area contributed by atoms with E-state index in [4.69, 9.17) is 22.1 Å². The van der Waals surface area contributed by atoms with E-state index in [2.05, 4.69) is 10.2 Å². The Morgan fingerprint density at radius 1 is 1.43 bits per heavy atom. The number of nitrogens with one attached hydrogen (secondary N) is 1. The molecule has 0 bridgehead atoms. The molecule has 0 aliphatic carbocycles. The second-order valence-electron chi connectivity index (χ2n) is 4.86. The highest BCUT2D eigenvalue weighted by Crippen LogP contribution is 2.25. The fraction of sp³-hybridized carbons (Fsp3) is 0.286. The first-order chi connectivity index (χ1) is 10.1. The lowest BCUT2D eigenvalue weighted by Gasteiger charge is -2.33. The van der Waals surface area contributed by atoms with Crippen LogP contribution in [0.4, 0.5) is 5.69 Å². The maximum atomic E-state index is 12.4. The fourth-order valence-electron chi connectivity index (χ4n) is 2.34. The Bertz CT molecular complexity index is 641. The average molecular weight is 307 g/mol. The lowest BCUT2D eigenvalue weighted by Crippen LogP contribution is -2.42. The number of ether oxygens (including phenoxy) is 1. The third-order valence-electron chi connectivity index (χ3n) is 3.48. The number of amides is 1. The number of nitrogen functional groups attached to an aromatic ring is 1. The number of carbonyl (C=O) groups excluding carboxylic acids is 1. The summed E-state index contributed by atoms with van der Waals surface area (Å²) in [5.41, 5.74) is 7.40. The maximum absolute atomic E-state index is 12.4. The molecule has 0 radical (unpaired) electrons. The number of anilines is 1. The summed E-state index contributed by atoms with van der Waals surface area (Å²) in [6, 6.07) is 7.44. The number of nitrogens with two attached hydrogens (primary N) is 1. The molecule has 3 rings (SSSR count). The summed E-state index contributed by atoms with van der Waals surface area (Å²) >= 11 is 5.88. The van der Waals surface area contributed by atoms with Gasteiger partial charge in [-0.2, -0.15) is 5.10 Å². The Morgan fingerprint density at radius 2 is 2.19 bits per heavy atom. The van der Waals surface area contributed by atoms with Gasteiger partial charge >= 0.3 is 0 Å². The first kappa shape index (κ1) is 13.9. The van der Waals surface area contributed by atoms with Gasteiger partial charge in [0.2, 0.25) is 0 Å². The standard InChI is InChI=1S/C14H15ClN4O2/c15-10-3-1-9(2-4-10)12-8-19(5-6-21-12)14(20)13-11(16)7-17-18-13/h1-4,7,12H,5-6,8,16H2,(H,17,18). The highest BCUT2D eigenvalue weighted by Gasteiger charge is 2.27. The summed E-state index contributed by atoms with van der Waals surface area (Å²) in [6.07, 6.45) is 1.27. The number of nitrogens with zero attached hydrogens (tertiary/aromatic N) is 2. The van der Waals surface area contributed by atoms with Gasteiger partial charge in [-0.3, -0.25) is 9.89 Å². The van der Waals surface area contributed by atoms with Gasteiger partial charge in [0.25, 0.3) is 5.91 Å². The van der Waals surface area contributed by atoms with Gasteiger partial charge in [0.15, 0.2) is 0 Å². The molecule has 6 nitrogen and oxygen atoms in total. The minimum Gasteiger partial charge on any atom is -0.396 e. The van der Waals surface area contributed by atoms with Crippen molar-refractivity contribution in [3.63, 3.8) is 0 Å². The van der Waals surface area contributed by atoms with Crippen molar-refractivity contribution in [2.45, 2.75) is 6.10 Å². The zero-order valence-corrected chi connectivity index (χ0v) is 12.0. The second-order valence-corrected chi connectivity index (χ2v) is 5.30. The van der Waals surface area contributed by atoms with E-state index in [9.17, 15) is 4.79 Å². The SMILES string of the molecule is Nc1cn[nH]c1C(=O)N1CCOC(c2ccc(Cl)cc2)C1. The lowest BCUT2D eigenvalue weighted by molar-refractivity contribution is -0.0229. The molecule has 1 unspecified atom stereocenters. The van der Waals surface area contributed by atoms with E-state index in [0.29, 0.717) is 36.1 Å². The number of morpholine rings is 1. The predicted octanol–water partition coefficient (Wildman–Crippen LogP) is 1.86. The number of rotatable bonds is 2. The number of hydrogen-bond acceptors (Lipinski definition) is 4. The molecule has 3 N–H and O–H groups in total. The van der Waals surface area contributed by atoms with E-state index in [1.54, 1.807) is 4.90 Å². The van der Waals surface area contributed by atoms with Crippen molar-refractivity contribution < 1.29 is 9.53 Å². The van der Waals surface area contributed by atoms with Crippen LogP contribution in [0, 0.1) is 0 Å². The monoisotopic (exact) mass is 306 g/mol. The van der Waals surface area contributed by atoms with E-state index in [0.717, 1.165) is 5.56 Å². The molecule has 1 atom stereocenters. The molecule has 2 aromatic rings. The molecule has 1 fully saturated rings. The van der Waals surface area contributed by atoms with Crippen LogP contribution in [0.5, 0.6) is 0 Å². The maximum Gasteiger partial charge on any atom is 0.274 e. The Hall–Kier alpha value is -2.05. The van der Waals surface area contributed by atoms with Crippen LogP contribution in [0.3, 0.4) is 0 Å². The molecule has 1 aromatic heterocycles. The van der Waals surface area contributed by atoms with Crippen molar-refractivity contribution in [3.8, 4) is 0 Å². The van der Waals surface area contributed by atoms with Crippen LogP contribution in [-0.4, -0.2) is 40.7 Å². The number of halogens is 1. The molecular weight excluding hydrogens is 292 g/mol. The Labute approximate surface area is 126 Å². The van der Waals surface area contributed by atoms with E-state index in [-0.39, 0.29) is 12.0 Å². The molecule has 0 saturated carbocycles. The number of H-pyrrole nitrogens is 1. The number of carbonyl (C=O) groups is 1. The molecule has 110 valence electrons. The van der Waals surface area contributed by atoms with Gasteiger partial charge < -0.3 is 15.4 Å². The molecule has 1 saturated heterocycles. The van der Waals surface area contributed by atoms with Crippen LogP contribution >= 0.6 is 11.6 Å². The normalized spacial score (nSPS) is 18.7. The van der Waals surface area contributed by atoms with E-state index in [1.807, 2.05) is 24.3 Å². The van der Waals surface area contributed by atoms with Crippen LogP contribution in [0.1, 0.15) is 22.2 Å². The summed E-state index contributed by atoms with van der Waals surface area (Å²) in [5.74, 6) is -0.160. The van der Waals surface area contributed by atoms with Crippen molar-refractivity contribution in [2.75, 3.05) is 25.4 Å². The molecule has 0 spiro atoms. The van der Waals surface area contributed by atoms with Gasteiger partial charge in [0.1, 0.15) is 11.8 Å². The summed E-state index contributed by atoms with van der Waals surface area (Å²) in [5, 5.41) is 7.10. The Kier molecular flexibility index (Phi) is 3.81. The number of hydrogen-bond donors (Lipinski definition) is 2. The molecule has 21 heavy (non-hydrogen) atoms. The summed E-state index contributed by atoms with van der Waals surface area (Å²) < 4.78 is 5.74. The van der Waals surface area contributed by atoms with Gasteiger partial charge in [-0.1, -0.05) is 23.7 Å². The summed E-state index contributed by atoms with van der Waals surface area (Å²) in [7, 11) is 0. The van der Waals surface area contributed by atoms with Crippen LogP contribution in [0.2, 0.25) is 5.02 Å². The van der Waals surface area contributed by atoms with Gasteiger partial charge in [0, 0.05) is 11.6 Å². The molecule has 1 aromatic carbocycles. The Morgan fingerprint density at radius 3 is 2.86 bits per heavy atom. The number of benzene rings is 1. The smallest absolute Gasteiger partial charge is 0.274 e. The molecular formula is C14H15ClN4O2. The predicted molar refractivity (Wildman–Crippen MR) is 79.0 cm³/mol. The van der Waals surface area contributed by atoms with Crippen molar-refractivity contribution in [3.05, 3.63) is 46.7 Å². The lowest BCUT2D eigenvalue weighted by atomic mass is 10.1. The quantitative estimate of drug-likeness (QED) is 0.887. The fourth-order valence-corrected chi connectivity index (χ4v) is 2.46. The van der Waals surface area contributed by atoms with Gasteiger partial charge in [-0.05, 0) is 17.7 Å². The second kappa shape index (κ2) is 5.75. The third-order valence-corrected chi connectivity index (χ3v) is 3.73. The zero-order valence-electron chi connectivity index (χ0n) is 11.3. The van der Waals surface area contributed by atoms with Crippen LogP contribution in [-0.2, 0) is 4.74 Å². The first-order valence-electron chi connectivity index (χ1n) is 6.60. The number of aromatic amines is 1. The highest BCUT2D eigenvalue weighted by atomic mass is 35.5. The van der Waals surface area contributed by atoms with Crippen molar-refractivity contribution in [1.29, 1.82) is 0 Å². The summed E-state index contributed by atoms with van der Waals surface area (Å²) in [6.45, 7) is 1.48. The molecule has 7 heteroatoms. The van der Waals surface area contributed by atoms with Crippen molar-refractivity contribution >= 4 is 23.2 Å². The Balaban J connectivity index is 1.75. The van der Waals surface area contributed by atoms with Gasteiger partial charge in [-0.15, -0.1) is 0 Å². The summed E-state index contributed by atoms with van der Waals surface area (Å²) in [4.78, 5) is 14.1. The molecule has 2 heterocycles. The van der Waals surface area contributed by atoms with Gasteiger partial charge in [-0.25, -0.2) is 0 Å². The molecule has 1 aliphatic rings. The van der Waals surface area contributed by atoms with Crippen LogP contribution in [0.15, 0.2) is 30.5 Å². The van der Waals surface area contributed by atoms with Crippen molar-refractivity contribution in [2.24, 2.45) is 0 Å². The first-order valence-corrected chi connectivity index (χ1v) is 6.98. The topological polar surface area (TPSA) is 84.2 Å². The van der Waals surface area contributed by atoms with Crippen molar-refractivity contribution in [1.82, 2.24) is 15.1 Å². The van der Waals surface area contributed by atoms with Crippen LogP contribution in [0.25, 0.3) is 0 Å². The highest BCUT2D eigenvalue weighted by molar-refractivity contribution is 6.30. The minimum atomic E-state index is -0.163. The average Bonchev–Trinajstić information content (AvgIpc) is 2.93. The largest absolute Gasteiger partial charge is 0.396 e.